The van der Waals surface area contributed by atoms with Crippen LogP contribution >= 0.6 is 0 Å². The fraction of sp³-hybridized carbons (Fsp3) is 0.310. The van der Waals surface area contributed by atoms with Crippen molar-refractivity contribution in [1.82, 2.24) is 5.32 Å². The van der Waals surface area contributed by atoms with Gasteiger partial charge in [-0.1, -0.05) is 61.5 Å². The summed E-state index contributed by atoms with van der Waals surface area (Å²) in [5.74, 6) is -0.257. The van der Waals surface area contributed by atoms with Crippen LogP contribution in [0.25, 0.3) is 11.1 Å². The van der Waals surface area contributed by atoms with Crippen molar-refractivity contribution in [3.8, 4) is 16.9 Å². The fourth-order valence-corrected chi connectivity index (χ4v) is 4.53. The lowest BCUT2D eigenvalue weighted by atomic mass is 9.90. The summed E-state index contributed by atoms with van der Waals surface area (Å²) in [6, 6.07) is 22.9. The summed E-state index contributed by atoms with van der Waals surface area (Å²) in [5, 5.41) is 12.3. The minimum Gasteiger partial charge on any atom is -0.493 e. The summed E-state index contributed by atoms with van der Waals surface area (Å²) >= 11 is 0. The summed E-state index contributed by atoms with van der Waals surface area (Å²) in [6.45, 7) is 4.17. The molecule has 182 valence electrons. The first-order valence-corrected chi connectivity index (χ1v) is 12.0. The van der Waals surface area contributed by atoms with Gasteiger partial charge in [-0.25, -0.2) is 4.79 Å². The molecule has 35 heavy (non-hydrogen) atoms. The van der Waals surface area contributed by atoms with Gasteiger partial charge in [-0.15, -0.1) is 0 Å². The van der Waals surface area contributed by atoms with Crippen molar-refractivity contribution >= 4 is 11.9 Å². The van der Waals surface area contributed by atoms with E-state index in [1.54, 1.807) is 31.2 Å². The number of carbonyl (C=O) groups is 2. The second kappa shape index (κ2) is 11.2. The molecule has 0 aromatic heterocycles. The third-order valence-electron chi connectivity index (χ3n) is 6.19. The van der Waals surface area contributed by atoms with E-state index in [1.165, 1.54) is 0 Å². The normalized spacial score (nSPS) is 19.7. The molecule has 1 heterocycles. The Bertz CT molecular complexity index is 1160. The molecule has 3 aromatic rings. The van der Waals surface area contributed by atoms with Crippen LogP contribution < -0.4 is 10.1 Å². The standard InChI is InChI=1S/C29H31NO5/c1-3-15-34-27-16-23(20-9-11-22(12-10-20)29(32)33)13-14-25(27)28-18-24(30-19(2)31)17-26(35-28)21-7-5-4-6-8-21/h4-14,16,24,26,28H,3,15,17-18H2,1-2H3,(H,30,31)(H,32,33)/t24-,26-,28+/m0/s1. The number of carboxylic acid groups (broad SMARTS) is 1. The minimum absolute atomic E-state index is 0.0151. The molecule has 0 aliphatic carbocycles. The summed E-state index contributed by atoms with van der Waals surface area (Å²) in [6.07, 6.45) is 1.83. The molecular formula is C29H31NO5. The lowest BCUT2D eigenvalue weighted by molar-refractivity contribution is -0.122. The van der Waals surface area contributed by atoms with Gasteiger partial charge >= 0.3 is 5.97 Å². The molecule has 4 rings (SSSR count). The van der Waals surface area contributed by atoms with E-state index in [1.807, 2.05) is 36.4 Å². The van der Waals surface area contributed by atoms with Crippen LogP contribution in [0.3, 0.4) is 0 Å². The average molecular weight is 474 g/mol. The van der Waals surface area contributed by atoms with E-state index in [0.29, 0.717) is 19.4 Å². The molecule has 0 radical (unpaired) electrons. The van der Waals surface area contributed by atoms with Crippen molar-refractivity contribution in [2.24, 2.45) is 0 Å². The number of ether oxygens (including phenoxy) is 2. The first-order chi connectivity index (χ1) is 16.9. The van der Waals surface area contributed by atoms with Crippen molar-refractivity contribution in [2.45, 2.75) is 51.4 Å². The van der Waals surface area contributed by atoms with E-state index in [-0.39, 0.29) is 29.7 Å². The highest BCUT2D eigenvalue weighted by atomic mass is 16.5. The highest BCUT2D eigenvalue weighted by Crippen LogP contribution is 2.42. The largest absolute Gasteiger partial charge is 0.493 e. The molecule has 1 amide bonds. The van der Waals surface area contributed by atoms with Crippen LogP contribution in [0.5, 0.6) is 5.75 Å². The number of carboxylic acids is 1. The minimum atomic E-state index is -0.949. The molecule has 3 atom stereocenters. The first kappa shape index (κ1) is 24.5. The number of rotatable bonds is 8. The second-order valence-electron chi connectivity index (χ2n) is 8.88. The topological polar surface area (TPSA) is 84.9 Å². The van der Waals surface area contributed by atoms with E-state index < -0.39 is 5.97 Å². The Morgan fingerprint density at radius 2 is 1.66 bits per heavy atom. The number of hydrogen-bond acceptors (Lipinski definition) is 4. The van der Waals surface area contributed by atoms with Crippen LogP contribution in [0.15, 0.2) is 72.8 Å². The number of carbonyl (C=O) groups excluding carboxylic acids is 1. The van der Waals surface area contributed by atoms with Crippen molar-refractivity contribution in [3.63, 3.8) is 0 Å². The Labute approximate surface area is 205 Å². The molecular weight excluding hydrogens is 442 g/mol. The van der Waals surface area contributed by atoms with Gasteiger partial charge in [0.05, 0.1) is 24.4 Å². The smallest absolute Gasteiger partial charge is 0.335 e. The predicted octanol–water partition coefficient (Wildman–Crippen LogP) is 5.94. The Balaban J connectivity index is 1.67. The van der Waals surface area contributed by atoms with Crippen molar-refractivity contribution in [3.05, 3.63) is 89.5 Å². The number of hydrogen-bond donors (Lipinski definition) is 2. The van der Waals surface area contributed by atoms with Gasteiger partial charge in [0.1, 0.15) is 5.75 Å². The average Bonchev–Trinajstić information content (AvgIpc) is 2.87. The van der Waals surface area contributed by atoms with Crippen LogP contribution in [0, 0.1) is 0 Å². The van der Waals surface area contributed by atoms with E-state index in [4.69, 9.17) is 9.47 Å². The van der Waals surface area contributed by atoms with Gasteiger partial charge in [-0.05, 0) is 54.2 Å². The molecule has 1 aliphatic rings. The molecule has 6 nitrogen and oxygen atoms in total. The number of amides is 1. The SMILES string of the molecule is CCCOc1cc(-c2ccc(C(=O)O)cc2)ccc1[C@H]1C[C@@H](NC(C)=O)C[C@@H](c2ccccc2)O1. The number of nitrogens with one attached hydrogen (secondary N) is 1. The molecule has 0 bridgehead atoms. The lowest BCUT2D eigenvalue weighted by Crippen LogP contribution is -2.39. The second-order valence-corrected chi connectivity index (χ2v) is 8.88. The van der Waals surface area contributed by atoms with Crippen molar-refractivity contribution in [1.29, 1.82) is 0 Å². The van der Waals surface area contributed by atoms with E-state index >= 15 is 0 Å². The van der Waals surface area contributed by atoms with Gasteiger partial charge < -0.3 is 19.9 Å². The maximum absolute atomic E-state index is 11.9. The number of aromatic carboxylic acids is 1. The first-order valence-electron chi connectivity index (χ1n) is 12.0. The van der Waals surface area contributed by atoms with Gasteiger partial charge in [0.25, 0.3) is 0 Å². The maximum Gasteiger partial charge on any atom is 0.335 e. The van der Waals surface area contributed by atoms with Gasteiger partial charge in [0.15, 0.2) is 0 Å². The molecule has 3 aromatic carbocycles. The van der Waals surface area contributed by atoms with Gasteiger partial charge in [-0.2, -0.15) is 0 Å². The highest BCUT2D eigenvalue weighted by molar-refractivity contribution is 5.88. The van der Waals surface area contributed by atoms with Crippen LogP contribution in [-0.4, -0.2) is 29.6 Å². The monoisotopic (exact) mass is 473 g/mol. The molecule has 0 saturated carbocycles. The molecule has 0 unspecified atom stereocenters. The van der Waals surface area contributed by atoms with Gasteiger partial charge in [-0.3, -0.25) is 4.79 Å². The van der Waals surface area contributed by atoms with Crippen LogP contribution in [-0.2, 0) is 9.53 Å². The van der Waals surface area contributed by atoms with E-state index in [0.717, 1.165) is 34.4 Å². The summed E-state index contributed by atoms with van der Waals surface area (Å²) < 4.78 is 12.7. The fourth-order valence-electron chi connectivity index (χ4n) is 4.53. The van der Waals surface area contributed by atoms with Crippen LogP contribution in [0.2, 0.25) is 0 Å². The molecule has 1 aliphatic heterocycles. The number of benzene rings is 3. The zero-order valence-corrected chi connectivity index (χ0v) is 20.1. The third kappa shape index (κ3) is 6.08. The summed E-state index contributed by atoms with van der Waals surface area (Å²) in [5.41, 5.74) is 4.12. The zero-order valence-electron chi connectivity index (χ0n) is 20.1. The van der Waals surface area contributed by atoms with Gasteiger partial charge in [0, 0.05) is 18.5 Å². The predicted molar refractivity (Wildman–Crippen MR) is 134 cm³/mol. The quantitative estimate of drug-likeness (QED) is 0.423. The Morgan fingerprint density at radius 3 is 2.31 bits per heavy atom. The Hall–Kier alpha value is -3.64. The van der Waals surface area contributed by atoms with E-state index in [9.17, 15) is 14.7 Å². The Kier molecular flexibility index (Phi) is 7.83. The highest BCUT2D eigenvalue weighted by Gasteiger charge is 2.33. The molecule has 0 spiro atoms. The molecule has 2 N–H and O–H groups in total. The zero-order chi connectivity index (χ0) is 24.8. The van der Waals surface area contributed by atoms with Crippen LogP contribution in [0.1, 0.15) is 66.8 Å². The molecule has 1 fully saturated rings. The summed E-state index contributed by atoms with van der Waals surface area (Å²) in [4.78, 5) is 23.1. The molecule has 1 saturated heterocycles. The van der Waals surface area contributed by atoms with Crippen molar-refractivity contribution in [2.75, 3.05) is 6.61 Å². The van der Waals surface area contributed by atoms with E-state index in [2.05, 4.69) is 24.4 Å². The Morgan fingerprint density at radius 1 is 0.971 bits per heavy atom. The maximum atomic E-state index is 11.9. The summed E-state index contributed by atoms with van der Waals surface area (Å²) in [7, 11) is 0. The molecule has 6 heteroatoms. The van der Waals surface area contributed by atoms with Crippen LogP contribution in [0.4, 0.5) is 0 Å². The van der Waals surface area contributed by atoms with Crippen molar-refractivity contribution < 1.29 is 24.2 Å². The third-order valence-corrected chi connectivity index (χ3v) is 6.19. The van der Waals surface area contributed by atoms with Gasteiger partial charge in [0.2, 0.25) is 5.91 Å². The lowest BCUT2D eigenvalue weighted by Gasteiger charge is -2.37.